The highest BCUT2D eigenvalue weighted by Crippen LogP contribution is 2.12. The molecule has 1 atom stereocenters. The average molecular weight is 188 g/mol. The van der Waals surface area contributed by atoms with Crippen LogP contribution in [0.4, 0.5) is 0 Å². The Kier molecular flexibility index (Phi) is 3.90. The first kappa shape index (κ1) is 9.03. The zero-order valence-corrected chi connectivity index (χ0v) is 8.12. The molecule has 0 aliphatic carbocycles. The summed E-state index contributed by atoms with van der Waals surface area (Å²) in [5.74, 6) is 2.00. The Morgan fingerprint density at radius 1 is 1.82 bits per heavy atom. The molecule has 0 bridgehead atoms. The molecule has 0 amide bonds. The minimum absolute atomic E-state index is 0.290. The maximum atomic E-state index is 5.59. The number of rotatable bonds is 4. The van der Waals surface area contributed by atoms with Gasteiger partial charge in [0.15, 0.2) is 0 Å². The molecule has 1 aromatic heterocycles. The molecular formula is C7H12N2S2. The number of hydrogen-bond acceptors (Lipinski definition) is 4. The monoisotopic (exact) mass is 188 g/mol. The van der Waals surface area contributed by atoms with Gasteiger partial charge in [0.1, 0.15) is 0 Å². The van der Waals surface area contributed by atoms with Crippen LogP contribution in [-0.4, -0.2) is 16.8 Å². The van der Waals surface area contributed by atoms with Gasteiger partial charge in [-0.1, -0.05) is 0 Å². The van der Waals surface area contributed by atoms with Crippen LogP contribution < -0.4 is 5.73 Å². The smallest absolute Gasteiger partial charge is 0.0795 e. The predicted octanol–water partition coefficient (Wildman–Crippen LogP) is 1.72. The number of nitrogens with zero attached hydrogens (tertiary/aromatic N) is 1. The van der Waals surface area contributed by atoms with Crippen molar-refractivity contribution < 1.29 is 0 Å². The molecule has 2 N–H and O–H groups in total. The van der Waals surface area contributed by atoms with E-state index in [0.29, 0.717) is 6.04 Å². The fourth-order valence-corrected chi connectivity index (χ4v) is 2.18. The van der Waals surface area contributed by atoms with E-state index >= 15 is 0 Å². The van der Waals surface area contributed by atoms with E-state index in [-0.39, 0.29) is 0 Å². The van der Waals surface area contributed by atoms with Gasteiger partial charge in [-0.2, -0.15) is 11.8 Å². The van der Waals surface area contributed by atoms with Gasteiger partial charge in [-0.25, -0.2) is 4.98 Å². The second kappa shape index (κ2) is 4.74. The standard InChI is InChI=1S/C7H12N2S2/c1-6(8)2-10-3-7-4-11-5-9-7/h4-6H,2-3,8H2,1H3. The largest absolute Gasteiger partial charge is 0.327 e. The van der Waals surface area contributed by atoms with Gasteiger partial charge in [0, 0.05) is 22.9 Å². The third-order valence-corrected chi connectivity index (χ3v) is 3.01. The van der Waals surface area contributed by atoms with Crippen LogP contribution in [0, 0.1) is 0 Å². The molecule has 62 valence electrons. The van der Waals surface area contributed by atoms with Crippen LogP contribution >= 0.6 is 23.1 Å². The molecule has 0 spiro atoms. The van der Waals surface area contributed by atoms with Crippen LogP contribution in [0.15, 0.2) is 10.9 Å². The molecule has 4 heteroatoms. The lowest BCUT2D eigenvalue weighted by Crippen LogP contribution is -2.17. The quantitative estimate of drug-likeness (QED) is 0.782. The zero-order chi connectivity index (χ0) is 8.10. The average Bonchev–Trinajstić information content (AvgIpc) is 2.39. The lowest BCUT2D eigenvalue weighted by Gasteiger charge is -2.01. The molecule has 1 rings (SSSR count). The van der Waals surface area contributed by atoms with Crippen molar-refractivity contribution in [3.05, 3.63) is 16.6 Å². The SMILES string of the molecule is CC(N)CSCc1cscn1. The zero-order valence-electron chi connectivity index (χ0n) is 6.49. The number of nitrogens with two attached hydrogens (primary N) is 1. The summed E-state index contributed by atoms with van der Waals surface area (Å²) in [5.41, 5.74) is 8.62. The number of hydrogen-bond donors (Lipinski definition) is 1. The number of thioether (sulfide) groups is 1. The highest BCUT2D eigenvalue weighted by molar-refractivity contribution is 7.98. The summed E-state index contributed by atoms with van der Waals surface area (Å²) >= 11 is 3.48. The first-order valence-corrected chi connectivity index (χ1v) is 5.59. The third kappa shape index (κ3) is 3.74. The van der Waals surface area contributed by atoms with Crippen molar-refractivity contribution in [2.45, 2.75) is 18.7 Å². The van der Waals surface area contributed by atoms with Crippen LogP contribution in [0.25, 0.3) is 0 Å². The van der Waals surface area contributed by atoms with Crippen LogP contribution in [0.2, 0.25) is 0 Å². The second-order valence-corrected chi connectivity index (χ2v) is 4.22. The lowest BCUT2D eigenvalue weighted by atomic mass is 10.4. The van der Waals surface area contributed by atoms with Crippen LogP contribution in [0.3, 0.4) is 0 Å². The maximum absolute atomic E-state index is 5.59. The van der Waals surface area contributed by atoms with Gasteiger partial charge >= 0.3 is 0 Å². The summed E-state index contributed by atoms with van der Waals surface area (Å²) in [6.07, 6.45) is 0. The molecule has 0 radical (unpaired) electrons. The molecular weight excluding hydrogens is 176 g/mol. The normalized spacial score (nSPS) is 13.3. The van der Waals surface area contributed by atoms with E-state index in [9.17, 15) is 0 Å². The van der Waals surface area contributed by atoms with Crippen molar-refractivity contribution in [1.82, 2.24) is 4.98 Å². The molecule has 2 nitrogen and oxygen atoms in total. The summed E-state index contributed by atoms with van der Waals surface area (Å²) in [6, 6.07) is 0.290. The minimum atomic E-state index is 0.290. The van der Waals surface area contributed by atoms with Gasteiger partial charge in [-0.3, -0.25) is 0 Å². The van der Waals surface area contributed by atoms with Crippen molar-refractivity contribution in [1.29, 1.82) is 0 Å². The predicted molar refractivity (Wildman–Crippen MR) is 51.9 cm³/mol. The van der Waals surface area contributed by atoms with Crippen molar-refractivity contribution in [3.63, 3.8) is 0 Å². The summed E-state index contributed by atoms with van der Waals surface area (Å²) < 4.78 is 0. The Hall–Kier alpha value is -0.0600. The molecule has 0 aromatic carbocycles. The van der Waals surface area contributed by atoms with Crippen LogP contribution in [-0.2, 0) is 5.75 Å². The van der Waals surface area contributed by atoms with E-state index in [2.05, 4.69) is 10.4 Å². The highest BCUT2D eigenvalue weighted by atomic mass is 32.2. The molecule has 11 heavy (non-hydrogen) atoms. The van der Waals surface area contributed by atoms with E-state index in [1.165, 1.54) is 5.69 Å². The maximum Gasteiger partial charge on any atom is 0.0795 e. The van der Waals surface area contributed by atoms with E-state index in [0.717, 1.165) is 11.5 Å². The third-order valence-electron chi connectivity index (χ3n) is 1.11. The summed E-state index contributed by atoms with van der Waals surface area (Å²) in [4.78, 5) is 4.17. The molecule has 1 aromatic rings. The number of aromatic nitrogens is 1. The molecule has 1 unspecified atom stereocenters. The van der Waals surface area contributed by atoms with Gasteiger partial charge in [0.25, 0.3) is 0 Å². The molecule has 0 saturated carbocycles. The lowest BCUT2D eigenvalue weighted by molar-refractivity contribution is 0.847. The Morgan fingerprint density at radius 2 is 2.64 bits per heavy atom. The minimum Gasteiger partial charge on any atom is -0.327 e. The fraction of sp³-hybridized carbons (Fsp3) is 0.571. The van der Waals surface area contributed by atoms with Crippen LogP contribution in [0.5, 0.6) is 0 Å². The van der Waals surface area contributed by atoms with E-state index < -0.39 is 0 Å². The fourth-order valence-electron chi connectivity index (χ4n) is 0.658. The Labute approximate surface area is 75.2 Å². The van der Waals surface area contributed by atoms with Crippen molar-refractivity contribution >= 4 is 23.1 Å². The molecule has 0 fully saturated rings. The topological polar surface area (TPSA) is 38.9 Å². The van der Waals surface area contributed by atoms with Crippen molar-refractivity contribution in [2.75, 3.05) is 5.75 Å². The second-order valence-electron chi connectivity index (χ2n) is 2.47. The molecule has 0 aliphatic rings. The Morgan fingerprint density at radius 3 is 3.18 bits per heavy atom. The molecule has 0 aliphatic heterocycles. The van der Waals surface area contributed by atoms with E-state index in [1.54, 1.807) is 11.3 Å². The highest BCUT2D eigenvalue weighted by Gasteiger charge is 1.97. The van der Waals surface area contributed by atoms with Crippen molar-refractivity contribution in [3.8, 4) is 0 Å². The Bertz CT molecular complexity index is 184. The first-order chi connectivity index (χ1) is 5.29. The Balaban J connectivity index is 2.14. The van der Waals surface area contributed by atoms with Gasteiger partial charge < -0.3 is 5.73 Å². The number of thiazole rings is 1. The molecule has 1 heterocycles. The van der Waals surface area contributed by atoms with Crippen LogP contribution in [0.1, 0.15) is 12.6 Å². The molecule has 0 saturated heterocycles. The van der Waals surface area contributed by atoms with Gasteiger partial charge in [0.05, 0.1) is 11.2 Å². The first-order valence-electron chi connectivity index (χ1n) is 3.49. The van der Waals surface area contributed by atoms with Gasteiger partial charge in [-0.05, 0) is 6.92 Å². The van der Waals surface area contributed by atoms with Crippen molar-refractivity contribution in [2.24, 2.45) is 5.73 Å². The summed E-state index contributed by atoms with van der Waals surface area (Å²) in [6.45, 7) is 2.02. The summed E-state index contributed by atoms with van der Waals surface area (Å²) in [5, 5.41) is 2.08. The summed E-state index contributed by atoms with van der Waals surface area (Å²) in [7, 11) is 0. The van der Waals surface area contributed by atoms with E-state index in [1.807, 2.05) is 24.2 Å². The van der Waals surface area contributed by atoms with E-state index in [4.69, 9.17) is 5.73 Å². The van der Waals surface area contributed by atoms with Gasteiger partial charge in [-0.15, -0.1) is 11.3 Å². The van der Waals surface area contributed by atoms with Gasteiger partial charge in [0.2, 0.25) is 0 Å².